The number of rotatable bonds is 3. The number of amides is 1. The highest BCUT2D eigenvalue weighted by Crippen LogP contribution is 2.27. The lowest BCUT2D eigenvalue weighted by Crippen LogP contribution is -2.46. The van der Waals surface area contributed by atoms with Crippen LogP contribution in [0.5, 0.6) is 0 Å². The summed E-state index contributed by atoms with van der Waals surface area (Å²) in [6, 6.07) is 3.63. The monoisotopic (exact) mass is 318 g/mol. The second kappa shape index (κ2) is 7.25. The molecule has 6 heteroatoms. The predicted molar refractivity (Wildman–Crippen MR) is 88.2 cm³/mol. The molecular formula is C17H26N4O2. The van der Waals surface area contributed by atoms with Crippen LogP contribution >= 0.6 is 0 Å². The molecule has 2 aliphatic rings. The van der Waals surface area contributed by atoms with Crippen LogP contribution in [0.2, 0.25) is 0 Å². The van der Waals surface area contributed by atoms with E-state index in [1.807, 2.05) is 0 Å². The van der Waals surface area contributed by atoms with Crippen molar-refractivity contribution in [1.29, 1.82) is 0 Å². The SMILES string of the molecule is CN1CCCC(C(=O)NC2CCC(n3ncccc3=O)CC2)C1. The van der Waals surface area contributed by atoms with Gasteiger partial charge in [-0.25, -0.2) is 4.68 Å². The number of likely N-dealkylation sites (tertiary alicyclic amines) is 1. The predicted octanol–water partition coefficient (Wildman–Crippen LogP) is 1.18. The zero-order valence-electron chi connectivity index (χ0n) is 13.8. The smallest absolute Gasteiger partial charge is 0.266 e. The summed E-state index contributed by atoms with van der Waals surface area (Å²) in [5, 5.41) is 7.40. The van der Waals surface area contributed by atoms with E-state index in [4.69, 9.17) is 0 Å². The summed E-state index contributed by atoms with van der Waals surface area (Å²) in [5.41, 5.74) is -0.0368. The van der Waals surface area contributed by atoms with Crippen LogP contribution < -0.4 is 10.9 Å². The van der Waals surface area contributed by atoms with E-state index in [9.17, 15) is 9.59 Å². The van der Waals surface area contributed by atoms with Crippen molar-refractivity contribution < 1.29 is 4.79 Å². The van der Waals surface area contributed by atoms with Crippen molar-refractivity contribution in [2.24, 2.45) is 5.92 Å². The van der Waals surface area contributed by atoms with Crippen molar-refractivity contribution in [2.75, 3.05) is 20.1 Å². The molecule has 1 aliphatic carbocycles. The van der Waals surface area contributed by atoms with E-state index in [-0.39, 0.29) is 29.5 Å². The van der Waals surface area contributed by atoms with Crippen molar-refractivity contribution in [3.05, 3.63) is 28.7 Å². The molecule has 1 unspecified atom stereocenters. The summed E-state index contributed by atoms with van der Waals surface area (Å²) >= 11 is 0. The molecule has 23 heavy (non-hydrogen) atoms. The minimum Gasteiger partial charge on any atom is -0.353 e. The molecule has 1 aliphatic heterocycles. The molecule has 0 radical (unpaired) electrons. The highest BCUT2D eigenvalue weighted by atomic mass is 16.2. The first-order valence-electron chi connectivity index (χ1n) is 8.66. The molecule has 2 heterocycles. The van der Waals surface area contributed by atoms with Crippen LogP contribution in [0.25, 0.3) is 0 Å². The Hall–Kier alpha value is -1.69. The van der Waals surface area contributed by atoms with Gasteiger partial charge in [-0.2, -0.15) is 5.10 Å². The Kier molecular flexibility index (Phi) is 5.10. The minimum absolute atomic E-state index is 0.0368. The summed E-state index contributed by atoms with van der Waals surface area (Å²) in [4.78, 5) is 26.5. The molecule has 1 atom stereocenters. The largest absolute Gasteiger partial charge is 0.353 e. The molecule has 1 aromatic rings. The molecule has 126 valence electrons. The van der Waals surface area contributed by atoms with Gasteiger partial charge in [-0.3, -0.25) is 9.59 Å². The van der Waals surface area contributed by atoms with Crippen LogP contribution in [0.3, 0.4) is 0 Å². The maximum absolute atomic E-state index is 12.4. The summed E-state index contributed by atoms with van der Waals surface area (Å²) in [6.07, 6.45) is 7.39. The van der Waals surface area contributed by atoms with Crippen molar-refractivity contribution in [3.63, 3.8) is 0 Å². The number of nitrogens with one attached hydrogen (secondary N) is 1. The highest BCUT2D eigenvalue weighted by molar-refractivity contribution is 5.79. The van der Waals surface area contributed by atoms with Gasteiger partial charge in [0.05, 0.1) is 12.0 Å². The Labute approximate surface area is 136 Å². The molecule has 0 spiro atoms. The second-order valence-electron chi connectivity index (χ2n) is 6.92. The van der Waals surface area contributed by atoms with Crippen LogP contribution in [0.15, 0.2) is 23.1 Å². The summed E-state index contributed by atoms with van der Waals surface area (Å²) in [7, 11) is 2.08. The van der Waals surface area contributed by atoms with Gasteiger partial charge < -0.3 is 10.2 Å². The van der Waals surface area contributed by atoms with Crippen molar-refractivity contribution in [3.8, 4) is 0 Å². The fourth-order valence-electron chi connectivity index (χ4n) is 3.81. The Bertz CT molecular complexity index is 592. The average Bonchev–Trinajstić information content (AvgIpc) is 2.56. The third-order valence-corrected chi connectivity index (χ3v) is 5.13. The van der Waals surface area contributed by atoms with Crippen molar-refractivity contribution in [1.82, 2.24) is 20.0 Å². The Morgan fingerprint density at radius 3 is 2.74 bits per heavy atom. The molecule has 1 saturated heterocycles. The van der Waals surface area contributed by atoms with E-state index in [0.717, 1.165) is 51.6 Å². The molecule has 0 bridgehead atoms. The highest BCUT2D eigenvalue weighted by Gasteiger charge is 2.28. The standard InChI is InChI=1S/C17H26N4O2/c1-20-11-3-4-13(12-20)17(23)19-14-6-8-15(9-7-14)21-16(22)5-2-10-18-21/h2,5,10,13-15H,3-4,6-9,11-12H2,1H3,(H,19,23). The van der Waals surface area contributed by atoms with Crippen molar-refractivity contribution in [2.45, 2.75) is 50.6 Å². The van der Waals surface area contributed by atoms with Gasteiger partial charge in [0.2, 0.25) is 5.91 Å². The van der Waals surface area contributed by atoms with Gasteiger partial charge in [0.25, 0.3) is 5.56 Å². The Morgan fingerprint density at radius 2 is 2.04 bits per heavy atom. The molecule has 1 aromatic heterocycles. The maximum atomic E-state index is 12.4. The maximum Gasteiger partial charge on any atom is 0.266 e. The lowest BCUT2D eigenvalue weighted by Gasteiger charge is -2.33. The van der Waals surface area contributed by atoms with Crippen molar-refractivity contribution >= 4 is 5.91 Å². The van der Waals surface area contributed by atoms with Gasteiger partial charge in [0.15, 0.2) is 0 Å². The van der Waals surface area contributed by atoms with E-state index in [2.05, 4.69) is 22.4 Å². The van der Waals surface area contributed by atoms with Gasteiger partial charge in [-0.1, -0.05) is 0 Å². The Balaban J connectivity index is 1.50. The van der Waals surface area contributed by atoms with Crippen LogP contribution in [0.1, 0.15) is 44.6 Å². The number of piperidine rings is 1. The molecular weight excluding hydrogens is 292 g/mol. The van der Waals surface area contributed by atoms with E-state index in [0.29, 0.717) is 0 Å². The summed E-state index contributed by atoms with van der Waals surface area (Å²) in [5.74, 6) is 0.333. The normalized spacial score (nSPS) is 29.2. The Morgan fingerprint density at radius 1 is 1.26 bits per heavy atom. The average molecular weight is 318 g/mol. The van der Waals surface area contributed by atoms with E-state index in [1.165, 1.54) is 0 Å². The van der Waals surface area contributed by atoms with Gasteiger partial charge in [-0.05, 0) is 58.2 Å². The number of hydrogen-bond acceptors (Lipinski definition) is 4. The van der Waals surface area contributed by atoms with Crippen LogP contribution in [-0.4, -0.2) is 46.8 Å². The third kappa shape index (κ3) is 3.99. The zero-order valence-corrected chi connectivity index (χ0v) is 13.8. The summed E-state index contributed by atoms with van der Waals surface area (Å²) < 4.78 is 1.59. The number of nitrogens with zero attached hydrogens (tertiary/aromatic N) is 3. The van der Waals surface area contributed by atoms with Crippen LogP contribution in [0.4, 0.5) is 0 Å². The van der Waals surface area contributed by atoms with Gasteiger partial charge in [0.1, 0.15) is 0 Å². The first-order chi connectivity index (χ1) is 11.1. The molecule has 1 N–H and O–H groups in total. The lowest BCUT2D eigenvalue weighted by atomic mass is 9.90. The molecule has 1 saturated carbocycles. The van der Waals surface area contributed by atoms with Crippen LogP contribution in [0, 0.1) is 5.92 Å². The lowest BCUT2D eigenvalue weighted by molar-refractivity contribution is -0.127. The quantitative estimate of drug-likeness (QED) is 0.909. The molecule has 1 amide bonds. The summed E-state index contributed by atoms with van der Waals surface area (Å²) in [6.45, 7) is 1.96. The van der Waals surface area contributed by atoms with Gasteiger partial charge in [0, 0.05) is 24.8 Å². The third-order valence-electron chi connectivity index (χ3n) is 5.13. The topological polar surface area (TPSA) is 67.2 Å². The number of carbonyl (C=O) groups excluding carboxylic acids is 1. The number of hydrogen-bond donors (Lipinski definition) is 1. The molecule has 0 aromatic carbocycles. The first kappa shape index (κ1) is 16.2. The fourth-order valence-corrected chi connectivity index (χ4v) is 3.81. The van der Waals surface area contributed by atoms with E-state index in [1.54, 1.807) is 23.0 Å². The molecule has 6 nitrogen and oxygen atoms in total. The zero-order chi connectivity index (χ0) is 16.2. The van der Waals surface area contributed by atoms with Gasteiger partial charge in [-0.15, -0.1) is 0 Å². The fraction of sp³-hybridized carbons (Fsp3) is 0.706. The molecule has 3 rings (SSSR count). The number of aromatic nitrogens is 2. The first-order valence-corrected chi connectivity index (χ1v) is 8.66. The number of carbonyl (C=O) groups is 1. The van der Waals surface area contributed by atoms with Crippen LogP contribution in [-0.2, 0) is 4.79 Å². The second-order valence-corrected chi connectivity index (χ2v) is 6.92. The van der Waals surface area contributed by atoms with E-state index < -0.39 is 0 Å². The van der Waals surface area contributed by atoms with Gasteiger partial charge >= 0.3 is 0 Å². The minimum atomic E-state index is -0.0368. The molecule has 2 fully saturated rings. The van der Waals surface area contributed by atoms with E-state index >= 15 is 0 Å².